The summed E-state index contributed by atoms with van der Waals surface area (Å²) >= 11 is 0. The molecule has 0 aliphatic carbocycles. The van der Waals surface area contributed by atoms with E-state index in [1.807, 2.05) is 6.92 Å². The first-order chi connectivity index (χ1) is 9.49. The molecule has 7 nitrogen and oxygen atoms in total. The molecule has 1 aromatic carbocycles. The lowest BCUT2D eigenvalue weighted by Gasteiger charge is -2.15. The van der Waals surface area contributed by atoms with Crippen LogP contribution in [0.25, 0.3) is 0 Å². The minimum atomic E-state index is -1.31. The summed E-state index contributed by atoms with van der Waals surface area (Å²) in [5.41, 5.74) is -0.150. The van der Waals surface area contributed by atoms with Gasteiger partial charge >= 0.3 is 5.97 Å². The minimum absolute atomic E-state index is 0.166. The van der Waals surface area contributed by atoms with E-state index >= 15 is 0 Å². The summed E-state index contributed by atoms with van der Waals surface area (Å²) in [5.74, 6) is -0.948. The lowest BCUT2D eigenvalue weighted by Crippen LogP contribution is -2.20. The first kappa shape index (κ1) is 14.3. The van der Waals surface area contributed by atoms with Gasteiger partial charge in [0.2, 0.25) is 0 Å². The van der Waals surface area contributed by atoms with Gasteiger partial charge in [-0.25, -0.2) is 4.79 Å². The van der Waals surface area contributed by atoms with Crippen LogP contribution in [0.3, 0.4) is 0 Å². The Morgan fingerprint density at radius 2 is 2.35 bits per heavy atom. The van der Waals surface area contributed by atoms with Crippen LogP contribution in [0.1, 0.15) is 23.7 Å². The Bertz CT molecular complexity index is 531. The highest BCUT2D eigenvalue weighted by Gasteiger charge is 2.24. The van der Waals surface area contributed by atoms with Crippen LogP contribution in [0.4, 0.5) is 11.4 Å². The number of hydrogen-bond donors (Lipinski definition) is 2. The van der Waals surface area contributed by atoms with Gasteiger partial charge in [-0.15, -0.1) is 0 Å². The third-order valence-corrected chi connectivity index (χ3v) is 3.53. The van der Waals surface area contributed by atoms with E-state index in [4.69, 9.17) is 9.84 Å². The monoisotopic (exact) mass is 280 g/mol. The van der Waals surface area contributed by atoms with Gasteiger partial charge in [0.05, 0.1) is 11.0 Å². The first-order valence-corrected chi connectivity index (χ1v) is 6.36. The Hall–Kier alpha value is -2.15. The minimum Gasteiger partial charge on any atom is -0.477 e. The summed E-state index contributed by atoms with van der Waals surface area (Å²) in [6.07, 6.45) is 1.12. The molecule has 1 heterocycles. The molecule has 1 aliphatic heterocycles. The molecule has 0 aromatic heterocycles. The Labute approximate surface area is 115 Å². The Morgan fingerprint density at radius 3 is 2.90 bits per heavy atom. The predicted octanol–water partition coefficient (Wildman–Crippen LogP) is 2.13. The fourth-order valence-corrected chi connectivity index (χ4v) is 2.27. The lowest BCUT2D eigenvalue weighted by molar-refractivity contribution is -0.385. The smallest absolute Gasteiger partial charge is 0.342 e. The molecule has 0 bridgehead atoms. The number of nitro benzene ring substituents is 1. The summed E-state index contributed by atoms with van der Waals surface area (Å²) < 4.78 is 5.44. The quantitative estimate of drug-likeness (QED) is 0.632. The van der Waals surface area contributed by atoms with Crippen LogP contribution < -0.4 is 5.32 Å². The van der Waals surface area contributed by atoms with Crippen molar-refractivity contribution in [3.63, 3.8) is 0 Å². The average Bonchev–Trinajstić information content (AvgIpc) is 2.81. The van der Waals surface area contributed by atoms with Crippen molar-refractivity contribution in [2.24, 2.45) is 5.92 Å². The Balaban J connectivity index is 2.11. The van der Waals surface area contributed by atoms with Gasteiger partial charge in [0.1, 0.15) is 5.56 Å². The summed E-state index contributed by atoms with van der Waals surface area (Å²) in [5, 5.41) is 22.9. The zero-order valence-electron chi connectivity index (χ0n) is 11.0. The molecule has 7 heteroatoms. The van der Waals surface area contributed by atoms with Crippen LogP contribution in [0.15, 0.2) is 18.2 Å². The zero-order chi connectivity index (χ0) is 14.7. The second-order valence-electron chi connectivity index (χ2n) is 4.80. The van der Waals surface area contributed by atoms with Crippen LogP contribution in [0, 0.1) is 16.0 Å². The van der Waals surface area contributed by atoms with Crippen molar-refractivity contribution in [1.29, 1.82) is 0 Å². The number of carboxylic acid groups (broad SMARTS) is 1. The van der Waals surface area contributed by atoms with Crippen LogP contribution in [-0.4, -0.2) is 35.3 Å². The van der Waals surface area contributed by atoms with Crippen LogP contribution in [-0.2, 0) is 4.74 Å². The molecule has 108 valence electrons. The molecule has 0 spiro atoms. The number of nitro groups is 1. The zero-order valence-corrected chi connectivity index (χ0v) is 11.0. The van der Waals surface area contributed by atoms with E-state index in [-0.39, 0.29) is 11.7 Å². The topological polar surface area (TPSA) is 102 Å². The van der Waals surface area contributed by atoms with E-state index in [2.05, 4.69) is 5.32 Å². The highest BCUT2D eigenvalue weighted by molar-refractivity contribution is 5.93. The molecule has 20 heavy (non-hydrogen) atoms. The van der Waals surface area contributed by atoms with E-state index < -0.39 is 16.6 Å². The van der Waals surface area contributed by atoms with Crippen molar-refractivity contribution < 1.29 is 19.6 Å². The maximum absolute atomic E-state index is 11.0. The number of anilines is 1. The Kier molecular flexibility index (Phi) is 4.19. The van der Waals surface area contributed by atoms with E-state index in [9.17, 15) is 14.9 Å². The van der Waals surface area contributed by atoms with Gasteiger partial charge in [-0.3, -0.25) is 10.1 Å². The van der Waals surface area contributed by atoms with E-state index in [1.54, 1.807) is 0 Å². The van der Waals surface area contributed by atoms with Crippen molar-refractivity contribution in [2.45, 2.75) is 19.4 Å². The van der Waals surface area contributed by atoms with Crippen molar-refractivity contribution >= 4 is 17.3 Å². The number of nitrogens with one attached hydrogen (secondary N) is 1. The molecular formula is C13H16N2O5. The van der Waals surface area contributed by atoms with Gasteiger partial charge in [0, 0.05) is 30.8 Å². The average molecular weight is 280 g/mol. The van der Waals surface area contributed by atoms with Crippen LogP contribution >= 0.6 is 0 Å². The maximum Gasteiger partial charge on any atom is 0.342 e. The predicted molar refractivity (Wildman–Crippen MR) is 72.1 cm³/mol. The molecule has 2 atom stereocenters. The van der Waals surface area contributed by atoms with E-state index in [0.717, 1.165) is 13.0 Å². The number of nitrogens with zero attached hydrogens (tertiary/aromatic N) is 1. The summed E-state index contributed by atoms with van der Waals surface area (Å²) in [6, 6.07) is 4.02. The summed E-state index contributed by atoms with van der Waals surface area (Å²) in [4.78, 5) is 21.1. The molecule has 0 amide bonds. The highest BCUT2D eigenvalue weighted by Crippen LogP contribution is 2.25. The molecule has 2 N–H and O–H groups in total. The van der Waals surface area contributed by atoms with Crippen molar-refractivity contribution in [2.75, 3.05) is 18.5 Å². The number of carboxylic acids is 1. The molecule has 0 saturated carbocycles. The fourth-order valence-electron chi connectivity index (χ4n) is 2.27. The molecule has 1 saturated heterocycles. The van der Waals surface area contributed by atoms with E-state index in [0.29, 0.717) is 18.2 Å². The summed E-state index contributed by atoms with van der Waals surface area (Å²) in [6.45, 7) is 3.38. The first-order valence-electron chi connectivity index (χ1n) is 6.36. The van der Waals surface area contributed by atoms with Crippen molar-refractivity contribution in [1.82, 2.24) is 0 Å². The number of benzene rings is 1. The second-order valence-corrected chi connectivity index (χ2v) is 4.80. The molecule has 1 aromatic rings. The van der Waals surface area contributed by atoms with Crippen molar-refractivity contribution in [3.8, 4) is 0 Å². The lowest BCUT2D eigenvalue weighted by atomic mass is 10.0. The van der Waals surface area contributed by atoms with Gasteiger partial charge in [0.15, 0.2) is 0 Å². The van der Waals surface area contributed by atoms with E-state index in [1.165, 1.54) is 18.2 Å². The Morgan fingerprint density at radius 1 is 1.60 bits per heavy atom. The number of aromatic carboxylic acids is 1. The number of hydrogen-bond acceptors (Lipinski definition) is 5. The molecule has 0 radical (unpaired) electrons. The van der Waals surface area contributed by atoms with Crippen molar-refractivity contribution in [3.05, 3.63) is 33.9 Å². The molecular weight excluding hydrogens is 264 g/mol. The molecule has 2 rings (SSSR count). The van der Waals surface area contributed by atoms with Gasteiger partial charge in [-0.05, 0) is 25.5 Å². The molecule has 1 aliphatic rings. The highest BCUT2D eigenvalue weighted by atomic mass is 16.6. The largest absolute Gasteiger partial charge is 0.477 e. The van der Waals surface area contributed by atoms with Gasteiger partial charge in [0.25, 0.3) is 5.69 Å². The third-order valence-electron chi connectivity index (χ3n) is 3.53. The van der Waals surface area contributed by atoms with Crippen LogP contribution in [0.5, 0.6) is 0 Å². The molecule has 2 unspecified atom stereocenters. The van der Waals surface area contributed by atoms with Gasteiger partial charge in [-0.2, -0.15) is 0 Å². The summed E-state index contributed by atoms with van der Waals surface area (Å²) in [7, 11) is 0. The number of rotatable bonds is 5. The number of ether oxygens (including phenoxy) is 1. The third kappa shape index (κ3) is 3.05. The SMILES string of the molecule is CC1OCCC1CNc1ccc([N+](=O)[O-])c(C(=O)O)c1. The number of carbonyl (C=O) groups is 1. The van der Waals surface area contributed by atoms with Gasteiger partial charge < -0.3 is 15.2 Å². The van der Waals surface area contributed by atoms with Crippen LogP contribution in [0.2, 0.25) is 0 Å². The fraction of sp³-hybridized carbons (Fsp3) is 0.462. The maximum atomic E-state index is 11.0. The normalized spacial score (nSPS) is 21.6. The van der Waals surface area contributed by atoms with Gasteiger partial charge in [-0.1, -0.05) is 0 Å². The standard InChI is InChI=1S/C13H16N2O5/c1-8-9(4-5-20-8)7-14-10-2-3-12(15(18)19)11(6-10)13(16)17/h2-3,6,8-9,14H,4-5,7H2,1H3,(H,16,17). The molecule has 1 fully saturated rings. The second kappa shape index (κ2) is 5.87.